The van der Waals surface area contributed by atoms with Gasteiger partial charge in [-0.1, -0.05) is 41.4 Å². The minimum absolute atomic E-state index is 0.0922. The maximum absolute atomic E-state index is 12.3. The Balaban J connectivity index is 2.11. The zero-order valence-corrected chi connectivity index (χ0v) is 14.9. The average Bonchev–Trinajstić information content (AvgIpc) is 2.46. The summed E-state index contributed by atoms with van der Waals surface area (Å²) < 4.78 is 27.1. The van der Waals surface area contributed by atoms with Crippen molar-refractivity contribution in [2.75, 3.05) is 0 Å². The first-order valence-corrected chi connectivity index (χ1v) is 9.27. The van der Waals surface area contributed by atoms with E-state index in [1.165, 1.54) is 24.3 Å². The van der Waals surface area contributed by atoms with E-state index in [0.29, 0.717) is 21.2 Å². The molecule has 0 heterocycles. The molecule has 0 bridgehead atoms. The largest absolute Gasteiger partial charge is 0.269 e. The third-order valence-electron chi connectivity index (χ3n) is 3.29. The van der Waals surface area contributed by atoms with Gasteiger partial charge < -0.3 is 0 Å². The molecule has 6 nitrogen and oxygen atoms in total. The second-order valence-electron chi connectivity index (χ2n) is 5.19. The van der Waals surface area contributed by atoms with E-state index >= 15 is 0 Å². The van der Waals surface area contributed by atoms with E-state index in [1.54, 1.807) is 25.1 Å². The molecule has 0 aliphatic rings. The van der Waals surface area contributed by atoms with Gasteiger partial charge in [0.05, 0.1) is 10.7 Å². The van der Waals surface area contributed by atoms with Crippen LogP contribution in [-0.2, 0) is 15.8 Å². The molecule has 1 unspecified atom stereocenters. The molecular weight excluding hydrogens is 375 g/mol. The fraction of sp³-hybridized carbons (Fsp3) is 0.200. The van der Waals surface area contributed by atoms with E-state index in [0.717, 1.165) is 0 Å². The van der Waals surface area contributed by atoms with Gasteiger partial charge in [-0.2, -0.15) is 0 Å². The predicted octanol–water partition coefficient (Wildman–Crippen LogP) is 4.08. The van der Waals surface area contributed by atoms with Gasteiger partial charge in [-0.25, -0.2) is 13.1 Å². The lowest BCUT2D eigenvalue weighted by Crippen LogP contribution is -2.28. The number of hydrogen-bond donors (Lipinski definition) is 1. The lowest BCUT2D eigenvalue weighted by molar-refractivity contribution is -0.384. The minimum atomic E-state index is -3.65. The van der Waals surface area contributed by atoms with Crippen LogP contribution in [0.5, 0.6) is 0 Å². The zero-order valence-electron chi connectivity index (χ0n) is 12.6. The smallest absolute Gasteiger partial charge is 0.258 e. The van der Waals surface area contributed by atoms with Gasteiger partial charge in [-0.3, -0.25) is 10.1 Å². The van der Waals surface area contributed by atoms with Crippen molar-refractivity contribution in [3.63, 3.8) is 0 Å². The van der Waals surface area contributed by atoms with Crippen LogP contribution >= 0.6 is 23.2 Å². The molecule has 24 heavy (non-hydrogen) atoms. The fourth-order valence-corrected chi connectivity index (χ4v) is 4.11. The Bertz CT molecular complexity index is 854. The first kappa shape index (κ1) is 18.7. The molecule has 0 saturated carbocycles. The van der Waals surface area contributed by atoms with Gasteiger partial charge >= 0.3 is 0 Å². The van der Waals surface area contributed by atoms with Crippen molar-refractivity contribution in [1.29, 1.82) is 0 Å². The van der Waals surface area contributed by atoms with Gasteiger partial charge in [0.1, 0.15) is 0 Å². The second kappa shape index (κ2) is 7.48. The normalized spacial score (nSPS) is 12.8. The number of hydrogen-bond acceptors (Lipinski definition) is 4. The Kier molecular flexibility index (Phi) is 5.82. The highest BCUT2D eigenvalue weighted by Gasteiger charge is 2.19. The van der Waals surface area contributed by atoms with Gasteiger partial charge in [0.2, 0.25) is 10.0 Å². The monoisotopic (exact) mass is 388 g/mol. The van der Waals surface area contributed by atoms with Crippen LogP contribution in [0, 0.1) is 10.1 Å². The van der Waals surface area contributed by atoms with Gasteiger partial charge in [-0.05, 0) is 30.2 Å². The van der Waals surface area contributed by atoms with Crippen molar-refractivity contribution in [1.82, 2.24) is 4.72 Å². The van der Waals surface area contributed by atoms with Crippen molar-refractivity contribution in [3.8, 4) is 0 Å². The number of benzene rings is 2. The number of nitro benzene ring substituents is 1. The summed E-state index contributed by atoms with van der Waals surface area (Å²) in [5.74, 6) is -0.291. The molecule has 1 atom stereocenters. The molecule has 0 fully saturated rings. The lowest BCUT2D eigenvalue weighted by atomic mass is 10.1. The van der Waals surface area contributed by atoms with Crippen molar-refractivity contribution >= 4 is 38.9 Å². The summed E-state index contributed by atoms with van der Waals surface area (Å²) in [4.78, 5) is 10.1. The summed E-state index contributed by atoms with van der Waals surface area (Å²) in [7, 11) is -3.65. The van der Waals surface area contributed by atoms with Crippen LogP contribution in [0.2, 0.25) is 10.0 Å². The summed E-state index contributed by atoms with van der Waals surface area (Å²) >= 11 is 11.9. The SMILES string of the molecule is CC(NS(=O)(=O)Cc1ccc([N+](=O)[O-])cc1)c1ccc(Cl)cc1Cl. The van der Waals surface area contributed by atoms with E-state index in [-0.39, 0.29) is 11.4 Å². The third kappa shape index (κ3) is 4.91. The molecule has 0 spiro atoms. The van der Waals surface area contributed by atoms with Crippen LogP contribution in [0.15, 0.2) is 42.5 Å². The molecule has 0 radical (unpaired) electrons. The second-order valence-corrected chi connectivity index (χ2v) is 7.79. The molecule has 0 saturated heterocycles. The topological polar surface area (TPSA) is 89.3 Å². The standard InChI is InChI=1S/C15H14Cl2N2O4S/c1-10(14-7-4-12(16)8-15(14)17)18-24(22,23)9-11-2-5-13(6-3-11)19(20)21/h2-8,10,18H,9H2,1H3. The molecular formula is C15H14Cl2N2O4S. The van der Waals surface area contributed by atoms with Crippen LogP contribution in [0.4, 0.5) is 5.69 Å². The highest BCUT2D eigenvalue weighted by molar-refractivity contribution is 7.88. The van der Waals surface area contributed by atoms with E-state index in [9.17, 15) is 18.5 Å². The highest BCUT2D eigenvalue weighted by Crippen LogP contribution is 2.26. The fourth-order valence-electron chi connectivity index (χ4n) is 2.16. The van der Waals surface area contributed by atoms with Crippen LogP contribution in [0.25, 0.3) is 0 Å². The van der Waals surface area contributed by atoms with E-state index in [2.05, 4.69) is 4.72 Å². The molecule has 0 aliphatic carbocycles. The number of sulfonamides is 1. The van der Waals surface area contributed by atoms with Gasteiger partial charge in [0, 0.05) is 28.2 Å². The van der Waals surface area contributed by atoms with Crippen molar-refractivity contribution in [2.45, 2.75) is 18.7 Å². The number of nitro groups is 1. The Morgan fingerprint density at radius 2 is 1.79 bits per heavy atom. The zero-order chi connectivity index (χ0) is 17.9. The van der Waals surface area contributed by atoms with Crippen LogP contribution < -0.4 is 4.72 Å². The summed E-state index contributed by atoms with van der Waals surface area (Å²) in [6, 6.07) is 9.65. The molecule has 128 valence electrons. The van der Waals surface area contributed by atoms with E-state index in [1.807, 2.05) is 0 Å². The summed E-state index contributed by atoms with van der Waals surface area (Å²) in [6.45, 7) is 1.67. The van der Waals surface area contributed by atoms with Crippen LogP contribution in [0.1, 0.15) is 24.1 Å². The maximum atomic E-state index is 12.3. The Morgan fingerprint density at radius 3 is 2.33 bits per heavy atom. The first-order valence-electron chi connectivity index (χ1n) is 6.86. The van der Waals surface area contributed by atoms with E-state index in [4.69, 9.17) is 23.2 Å². The van der Waals surface area contributed by atoms with Gasteiger partial charge in [-0.15, -0.1) is 0 Å². The Hall–Kier alpha value is -1.67. The summed E-state index contributed by atoms with van der Waals surface area (Å²) in [5, 5.41) is 11.4. The molecule has 2 aromatic carbocycles. The van der Waals surface area contributed by atoms with Crippen molar-refractivity contribution < 1.29 is 13.3 Å². The molecule has 0 amide bonds. The molecule has 9 heteroatoms. The summed E-state index contributed by atoms with van der Waals surface area (Å²) in [6.07, 6.45) is 0. The number of nitrogens with zero attached hydrogens (tertiary/aromatic N) is 1. The minimum Gasteiger partial charge on any atom is -0.258 e. The third-order valence-corrected chi connectivity index (χ3v) is 5.28. The molecule has 2 aromatic rings. The van der Waals surface area contributed by atoms with Crippen molar-refractivity contribution in [3.05, 3.63) is 73.8 Å². The van der Waals surface area contributed by atoms with Crippen molar-refractivity contribution in [2.24, 2.45) is 0 Å². The number of halogens is 2. The quantitative estimate of drug-likeness (QED) is 0.596. The average molecular weight is 389 g/mol. The highest BCUT2D eigenvalue weighted by atomic mass is 35.5. The number of nitrogens with one attached hydrogen (secondary N) is 1. The maximum Gasteiger partial charge on any atom is 0.269 e. The first-order chi connectivity index (χ1) is 11.2. The number of rotatable bonds is 6. The molecule has 0 aliphatic heterocycles. The Morgan fingerprint density at radius 1 is 1.17 bits per heavy atom. The summed E-state index contributed by atoms with van der Waals surface area (Å²) in [5.41, 5.74) is 0.960. The van der Waals surface area contributed by atoms with Gasteiger partial charge in [0.25, 0.3) is 5.69 Å². The van der Waals surface area contributed by atoms with Gasteiger partial charge in [0.15, 0.2) is 0 Å². The number of non-ortho nitro benzene ring substituents is 1. The Labute approximate surface area is 149 Å². The van der Waals surface area contributed by atoms with Crippen LogP contribution in [-0.4, -0.2) is 13.3 Å². The molecule has 1 N–H and O–H groups in total. The lowest BCUT2D eigenvalue weighted by Gasteiger charge is -2.16. The molecule has 2 rings (SSSR count). The van der Waals surface area contributed by atoms with Crippen LogP contribution in [0.3, 0.4) is 0 Å². The predicted molar refractivity (Wildman–Crippen MR) is 93.7 cm³/mol. The van der Waals surface area contributed by atoms with E-state index < -0.39 is 21.0 Å². The molecule has 0 aromatic heterocycles.